The molecule has 3 rings (SSSR count). The van der Waals surface area contributed by atoms with Gasteiger partial charge in [-0.2, -0.15) is 5.10 Å². The third-order valence-corrected chi connectivity index (χ3v) is 3.53. The Morgan fingerprint density at radius 3 is 2.70 bits per heavy atom. The smallest absolute Gasteiger partial charge is 0.406 e. The van der Waals surface area contributed by atoms with E-state index in [2.05, 4.69) is 18.9 Å². The van der Waals surface area contributed by atoms with Gasteiger partial charge >= 0.3 is 7.12 Å². The molecule has 1 fully saturated rings. The summed E-state index contributed by atoms with van der Waals surface area (Å²) in [4.78, 5) is 0. The summed E-state index contributed by atoms with van der Waals surface area (Å²) in [7, 11) is -0.588. The number of fused-ring (bicyclic) bond motifs is 1. The van der Waals surface area contributed by atoms with Crippen molar-refractivity contribution in [1.29, 1.82) is 0 Å². The number of halogens is 1. The Labute approximate surface area is 118 Å². The summed E-state index contributed by atoms with van der Waals surface area (Å²) in [5, 5.41) is 4.97. The van der Waals surface area contributed by atoms with Gasteiger partial charge in [0, 0.05) is 25.2 Å². The SMILES string of the molecule is CCn1nc(B2OCC(C)(C)CO2)c2c(F)cccc21. The third-order valence-electron chi connectivity index (χ3n) is 3.53. The van der Waals surface area contributed by atoms with Crippen molar-refractivity contribution < 1.29 is 13.7 Å². The zero-order valence-electron chi connectivity index (χ0n) is 12.0. The van der Waals surface area contributed by atoms with Gasteiger partial charge in [-0.3, -0.25) is 4.68 Å². The Bertz CT molecular complexity index is 631. The van der Waals surface area contributed by atoms with Crippen LogP contribution in [0.5, 0.6) is 0 Å². The highest BCUT2D eigenvalue weighted by Gasteiger charge is 2.37. The average molecular weight is 276 g/mol. The second-order valence-corrected chi connectivity index (χ2v) is 5.95. The van der Waals surface area contributed by atoms with Crippen molar-refractivity contribution in [2.45, 2.75) is 27.3 Å². The Morgan fingerprint density at radius 2 is 2.05 bits per heavy atom. The molecule has 6 heteroatoms. The summed E-state index contributed by atoms with van der Waals surface area (Å²) >= 11 is 0. The largest absolute Gasteiger partial charge is 0.516 e. The lowest BCUT2D eigenvalue weighted by Gasteiger charge is -2.32. The van der Waals surface area contributed by atoms with Crippen LogP contribution in [0.15, 0.2) is 18.2 Å². The lowest BCUT2D eigenvalue weighted by molar-refractivity contribution is 0.0340. The maximum atomic E-state index is 14.1. The molecule has 1 aromatic carbocycles. The highest BCUT2D eigenvalue weighted by molar-refractivity contribution is 6.63. The predicted molar refractivity (Wildman–Crippen MR) is 76.4 cm³/mol. The average Bonchev–Trinajstić information content (AvgIpc) is 2.79. The van der Waals surface area contributed by atoms with E-state index in [1.54, 1.807) is 10.7 Å². The highest BCUT2D eigenvalue weighted by Crippen LogP contribution is 2.23. The molecule has 0 bridgehead atoms. The molecule has 1 aliphatic rings. The molecule has 1 aliphatic heterocycles. The van der Waals surface area contributed by atoms with E-state index in [4.69, 9.17) is 9.31 Å². The predicted octanol–water partition coefficient (Wildman–Crippen LogP) is 1.96. The fourth-order valence-electron chi connectivity index (χ4n) is 2.47. The molecule has 0 N–H and O–H groups in total. The summed E-state index contributed by atoms with van der Waals surface area (Å²) in [5.41, 5.74) is 1.30. The molecule has 1 saturated heterocycles. The topological polar surface area (TPSA) is 36.3 Å². The lowest BCUT2D eigenvalue weighted by Crippen LogP contribution is -2.48. The van der Waals surface area contributed by atoms with Crippen LogP contribution >= 0.6 is 0 Å². The van der Waals surface area contributed by atoms with Gasteiger partial charge in [-0.05, 0) is 19.1 Å². The molecule has 0 spiro atoms. The zero-order valence-corrected chi connectivity index (χ0v) is 12.0. The Morgan fingerprint density at radius 1 is 1.35 bits per heavy atom. The van der Waals surface area contributed by atoms with Crippen LogP contribution in [0.1, 0.15) is 20.8 Å². The molecule has 0 saturated carbocycles. The molecule has 0 amide bonds. The molecular formula is C14H18BFN2O2. The van der Waals surface area contributed by atoms with Crippen molar-refractivity contribution in [3.63, 3.8) is 0 Å². The fourth-order valence-corrected chi connectivity index (χ4v) is 2.47. The van der Waals surface area contributed by atoms with Crippen molar-refractivity contribution in [3.8, 4) is 0 Å². The summed E-state index contributed by atoms with van der Waals surface area (Å²) in [6.45, 7) is 7.96. The maximum Gasteiger partial charge on any atom is 0.516 e. The minimum Gasteiger partial charge on any atom is -0.406 e. The number of nitrogens with zero attached hydrogens (tertiary/aromatic N) is 2. The first-order chi connectivity index (χ1) is 9.52. The lowest BCUT2D eigenvalue weighted by atomic mass is 9.78. The second kappa shape index (κ2) is 4.86. The van der Waals surface area contributed by atoms with E-state index in [0.29, 0.717) is 30.7 Å². The maximum absolute atomic E-state index is 14.1. The number of rotatable bonds is 2. The molecular weight excluding hydrogens is 258 g/mol. The summed E-state index contributed by atoms with van der Waals surface area (Å²) < 4.78 is 27.4. The Balaban J connectivity index is 2.04. The molecule has 4 nitrogen and oxygen atoms in total. The van der Waals surface area contributed by atoms with Crippen molar-refractivity contribution in [1.82, 2.24) is 9.78 Å². The van der Waals surface area contributed by atoms with Gasteiger partial charge in [0.05, 0.1) is 10.9 Å². The zero-order chi connectivity index (χ0) is 14.3. The quantitative estimate of drug-likeness (QED) is 0.787. The Hall–Kier alpha value is -1.40. The van der Waals surface area contributed by atoms with E-state index in [9.17, 15) is 4.39 Å². The molecule has 2 heterocycles. The van der Waals surface area contributed by atoms with Crippen LogP contribution in [0, 0.1) is 11.2 Å². The second-order valence-electron chi connectivity index (χ2n) is 5.95. The minimum atomic E-state index is -0.588. The number of hydrogen-bond donors (Lipinski definition) is 0. The van der Waals surface area contributed by atoms with Crippen LogP contribution in [-0.4, -0.2) is 30.1 Å². The molecule has 106 valence electrons. The van der Waals surface area contributed by atoms with E-state index in [1.807, 2.05) is 13.0 Å². The van der Waals surface area contributed by atoms with Gasteiger partial charge in [0.2, 0.25) is 0 Å². The molecule has 20 heavy (non-hydrogen) atoms. The molecule has 0 aliphatic carbocycles. The van der Waals surface area contributed by atoms with E-state index in [1.165, 1.54) is 6.07 Å². The van der Waals surface area contributed by atoms with Crippen LogP contribution < -0.4 is 5.59 Å². The van der Waals surface area contributed by atoms with Crippen LogP contribution in [0.3, 0.4) is 0 Å². The van der Waals surface area contributed by atoms with E-state index in [-0.39, 0.29) is 11.2 Å². The number of hydrogen-bond acceptors (Lipinski definition) is 3. The minimum absolute atomic E-state index is 0.0157. The van der Waals surface area contributed by atoms with Gasteiger partial charge in [-0.25, -0.2) is 4.39 Å². The van der Waals surface area contributed by atoms with Gasteiger partial charge in [-0.1, -0.05) is 19.9 Å². The fraction of sp³-hybridized carbons (Fsp3) is 0.500. The van der Waals surface area contributed by atoms with Crippen molar-refractivity contribution in [3.05, 3.63) is 24.0 Å². The van der Waals surface area contributed by atoms with Crippen LogP contribution in [0.4, 0.5) is 4.39 Å². The van der Waals surface area contributed by atoms with Crippen LogP contribution in [0.2, 0.25) is 0 Å². The normalized spacial score (nSPS) is 18.7. The number of aryl methyl sites for hydroxylation is 1. The van der Waals surface area contributed by atoms with Gasteiger partial charge < -0.3 is 9.31 Å². The van der Waals surface area contributed by atoms with Gasteiger partial charge in [0.1, 0.15) is 11.4 Å². The molecule has 2 aromatic rings. The van der Waals surface area contributed by atoms with Crippen LogP contribution in [0.25, 0.3) is 10.9 Å². The summed E-state index contributed by atoms with van der Waals surface area (Å²) in [6, 6.07) is 5.01. The summed E-state index contributed by atoms with van der Waals surface area (Å²) in [5.74, 6) is -0.283. The third kappa shape index (κ3) is 2.23. The monoisotopic (exact) mass is 276 g/mol. The first-order valence-electron chi connectivity index (χ1n) is 6.90. The first-order valence-corrected chi connectivity index (χ1v) is 6.90. The molecule has 0 unspecified atom stereocenters. The van der Waals surface area contributed by atoms with E-state index >= 15 is 0 Å². The van der Waals surface area contributed by atoms with Gasteiger partial charge in [0.15, 0.2) is 0 Å². The molecule has 1 aromatic heterocycles. The molecule has 0 atom stereocenters. The van der Waals surface area contributed by atoms with E-state index in [0.717, 1.165) is 5.52 Å². The van der Waals surface area contributed by atoms with Gasteiger partial charge in [0.25, 0.3) is 0 Å². The van der Waals surface area contributed by atoms with Gasteiger partial charge in [-0.15, -0.1) is 0 Å². The van der Waals surface area contributed by atoms with Crippen molar-refractivity contribution in [2.75, 3.05) is 13.2 Å². The first kappa shape index (κ1) is 13.6. The summed E-state index contributed by atoms with van der Waals surface area (Å²) in [6.07, 6.45) is 0. The number of aromatic nitrogens is 2. The van der Waals surface area contributed by atoms with Crippen molar-refractivity contribution >= 4 is 23.6 Å². The van der Waals surface area contributed by atoms with Crippen LogP contribution in [-0.2, 0) is 15.9 Å². The van der Waals surface area contributed by atoms with Crippen molar-refractivity contribution in [2.24, 2.45) is 5.41 Å². The van der Waals surface area contributed by atoms with E-state index < -0.39 is 7.12 Å². The number of benzene rings is 1. The Kier molecular flexibility index (Phi) is 3.30. The highest BCUT2D eigenvalue weighted by atomic mass is 19.1. The standard InChI is InChI=1S/C14H18BFN2O2/c1-4-18-11-7-5-6-10(16)12(11)13(17-18)15-19-8-14(2,3)9-20-15/h5-7H,4,8-9H2,1-3H3. The molecule has 0 radical (unpaired) electrons.